The van der Waals surface area contributed by atoms with Gasteiger partial charge in [0, 0.05) is 12.6 Å². The molecular weight excluding hydrogens is 194 g/mol. The Kier molecular flexibility index (Phi) is 3.24. The highest BCUT2D eigenvalue weighted by atomic mass is 14.9. The monoisotopic (exact) mass is 221 g/mol. The zero-order chi connectivity index (χ0) is 10.8. The molecule has 0 aromatic rings. The summed E-state index contributed by atoms with van der Waals surface area (Å²) in [7, 11) is 0. The van der Waals surface area contributed by atoms with Crippen molar-refractivity contribution in [3.05, 3.63) is 0 Å². The van der Waals surface area contributed by atoms with Crippen LogP contribution in [0.2, 0.25) is 0 Å². The van der Waals surface area contributed by atoms with E-state index in [0.29, 0.717) is 0 Å². The number of rotatable bonds is 4. The number of nitrogens with one attached hydrogen (secondary N) is 1. The molecule has 0 unspecified atom stereocenters. The molecule has 3 aliphatic rings. The average molecular weight is 221 g/mol. The Morgan fingerprint density at radius 2 is 1.44 bits per heavy atom. The van der Waals surface area contributed by atoms with Gasteiger partial charge in [0.2, 0.25) is 0 Å². The Bertz CT molecular complexity index is 220. The molecule has 3 saturated carbocycles. The van der Waals surface area contributed by atoms with Crippen molar-refractivity contribution in [3.63, 3.8) is 0 Å². The molecule has 92 valence electrons. The fraction of sp³-hybridized carbons (Fsp3) is 1.00. The van der Waals surface area contributed by atoms with Gasteiger partial charge >= 0.3 is 0 Å². The summed E-state index contributed by atoms with van der Waals surface area (Å²) in [5, 5.41) is 3.91. The lowest BCUT2D eigenvalue weighted by Gasteiger charge is -2.24. The van der Waals surface area contributed by atoms with Crippen LogP contribution >= 0.6 is 0 Å². The van der Waals surface area contributed by atoms with E-state index in [0.717, 1.165) is 17.4 Å². The van der Waals surface area contributed by atoms with E-state index in [4.69, 9.17) is 0 Å². The summed E-state index contributed by atoms with van der Waals surface area (Å²) >= 11 is 0. The van der Waals surface area contributed by atoms with Crippen LogP contribution in [0.3, 0.4) is 0 Å². The molecule has 0 spiro atoms. The highest BCUT2D eigenvalue weighted by Crippen LogP contribution is 2.60. The van der Waals surface area contributed by atoms with Crippen LogP contribution in [0.25, 0.3) is 0 Å². The Morgan fingerprint density at radius 1 is 0.812 bits per heavy atom. The van der Waals surface area contributed by atoms with Crippen molar-refractivity contribution in [1.29, 1.82) is 0 Å². The smallest absolute Gasteiger partial charge is 0.00672 e. The maximum atomic E-state index is 3.91. The van der Waals surface area contributed by atoms with Crippen LogP contribution in [0.15, 0.2) is 0 Å². The molecule has 0 aromatic carbocycles. The molecule has 1 nitrogen and oxygen atoms in total. The Balaban J connectivity index is 1.42. The summed E-state index contributed by atoms with van der Waals surface area (Å²) in [5.41, 5.74) is 0.794. The summed E-state index contributed by atoms with van der Waals surface area (Å²) in [6.45, 7) is 1.35. The zero-order valence-corrected chi connectivity index (χ0v) is 10.6. The first-order valence-electron chi connectivity index (χ1n) is 7.62. The first kappa shape index (κ1) is 11.1. The first-order chi connectivity index (χ1) is 7.89. The Morgan fingerprint density at radius 3 is 2.00 bits per heavy atom. The van der Waals surface area contributed by atoms with Gasteiger partial charge in [0.05, 0.1) is 0 Å². The molecule has 0 bridgehead atoms. The summed E-state index contributed by atoms with van der Waals surface area (Å²) < 4.78 is 0. The Hall–Kier alpha value is -0.0400. The number of hydrogen-bond acceptors (Lipinski definition) is 1. The molecule has 0 atom stereocenters. The van der Waals surface area contributed by atoms with Gasteiger partial charge in [-0.15, -0.1) is 0 Å². The SMILES string of the molecule is C1CCCC(NCC2(C3CC3)CC2)CCC1. The minimum atomic E-state index is 0.794. The van der Waals surface area contributed by atoms with Crippen molar-refractivity contribution in [3.8, 4) is 0 Å². The zero-order valence-electron chi connectivity index (χ0n) is 10.6. The van der Waals surface area contributed by atoms with E-state index in [-0.39, 0.29) is 0 Å². The van der Waals surface area contributed by atoms with E-state index < -0.39 is 0 Å². The van der Waals surface area contributed by atoms with Gasteiger partial charge in [-0.25, -0.2) is 0 Å². The molecule has 0 aliphatic heterocycles. The normalized spacial score (nSPS) is 30.8. The first-order valence-corrected chi connectivity index (χ1v) is 7.62. The third kappa shape index (κ3) is 2.61. The van der Waals surface area contributed by atoms with Crippen LogP contribution < -0.4 is 5.32 Å². The predicted octanol–water partition coefficient (Wildman–Crippen LogP) is 3.88. The predicted molar refractivity (Wildman–Crippen MR) is 68.5 cm³/mol. The lowest BCUT2D eigenvalue weighted by atomic mass is 9.95. The van der Waals surface area contributed by atoms with Crippen LogP contribution in [-0.2, 0) is 0 Å². The molecule has 0 aromatic heterocycles. The molecule has 0 saturated heterocycles. The van der Waals surface area contributed by atoms with Crippen molar-refractivity contribution < 1.29 is 0 Å². The highest BCUT2D eigenvalue weighted by molar-refractivity contribution is 5.05. The van der Waals surface area contributed by atoms with E-state index in [1.807, 2.05) is 0 Å². The minimum absolute atomic E-state index is 0.794. The van der Waals surface area contributed by atoms with Gasteiger partial charge in [0.1, 0.15) is 0 Å². The summed E-state index contributed by atoms with van der Waals surface area (Å²) in [6, 6.07) is 0.858. The lowest BCUT2D eigenvalue weighted by molar-refractivity contribution is 0.331. The van der Waals surface area contributed by atoms with Crippen molar-refractivity contribution in [2.45, 2.75) is 76.7 Å². The third-order valence-corrected chi connectivity index (χ3v) is 5.18. The molecule has 0 heterocycles. The summed E-state index contributed by atoms with van der Waals surface area (Å²) in [5.74, 6) is 1.12. The van der Waals surface area contributed by atoms with Crippen LogP contribution in [0.1, 0.15) is 70.6 Å². The highest BCUT2D eigenvalue weighted by Gasteiger charge is 2.53. The van der Waals surface area contributed by atoms with Gasteiger partial charge in [-0.05, 0) is 49.9 Å². The molecule has 16 heavy (non-hydrogen) atoms. The van der Waals surface area contributed by atoms with Crippen molar-refractivity contribution in [1.82, 2.24) is 5.32 Å². The standard InChI is InChI=1S/C15H27N/c1-2-4-6-14(7-5-3-1)16-12-15(10-11-15)13-8-9-13/h13-14,16H,1-12H2. The van der Waals surface area contributed by atoms with E-state index in [2.05, 4.69) is 5.32 Å². The topological polar surface area (TPSA) is 12.0 Å². The molecule has 0 amide bonds. The second kappa shape index (κ2) is 4.68. The second-order valence-corrected chi connectivity index (χ2v) is 6.56. The van der Waals surface area contributed by atoms with Gasteiger partial charge in [-0.2, -0.15) is 0 Å². The van der Waals surface area contributed by atoms with Gasteiger partial charge in [0.25, 0.3) is 0 Å². The molecule has 3 rings (SSSR count). The van der Waals surface area contributed by atoms with E-state index >= 15 is 0 Å². The van der Waals surface area contributed by atoms with Crippen LogP contribution in [-0.4, -0.2) is 12.6 Å². The van der Waals surface area contributed by atoms with Gasteiger partial charge < -0.3 is 5.32 Å². The van der Waals surface area contributed by atoms with E-state index in [1.165, 1.54) is 77.2 Å². The maximum Gasteiger partial charge on any atom is 0.00672 e. The average Bonchev–Trinajstić information content (AvgIpc) is 3.11. The third-order valence-electron chi connectivity index (χ3n) is 5.18. The fourth-order valence-electron chi connectivity index (χ4n) is 3.59. The molecular formula is C15H27N. The van der Waals surface area contributed by atoms with Gasteiger partial charge in [-0.3, -0.25) is 0 Å². The second-order valence-electron chi connectivity index (χ2n) is 6.56. The van der Waals surface area contributed by atoms with Crippen molar-refractivity contribution in [2.75, 3.05) is 6.54 Å². The summed E-state index contributed by atoms with van der Waals surface area (Å²) in [4.78, 5) is 0. The van der Waals surface area contributed by atoms with Crippen molar-refractivity contribution in [2.24, 2.45) is 11.3 Å². The molecule has 1 heteroatoms. The Labute approximate surface area is 100 Å². The van der Waals surface area contributed by atoms with Crippen LogP contribution in [0, 0.1) is 11.3 Å². The van der Waals surface area contributed by atoms with E-state index in [1.54, 1.807) is 0 Å². The van der Waals surface area contributed by atoms with Gasteiger partial charge in [0.15, 0.2) is 0 Å². The summed E-state index contributed by atoms with van der Waals surface area (Å²) in [6.07, 6.45) is 16.4. The fourth-order valence-corrected chi connectivity index (χ4v) is 3.59. The van der Waals surface area contributed by atoms with Crippen LogP contribution in [0.5, 0.6) is 0 Å². The maximum absolute atomic E-state index is 3.91. The number of hydrogen-bond donors (Lipinski definition) is 1. The lowest BCUT2D eigenvalue weighted by Crippen LogP contribution is -2.35. The molecule has 3 fully saturated rings. The molecule has 1 N–H and O–H groups in total. The molecule has 3 aliphatic carbocycles. The molecule has 0 radical (unpaired) electrons. The van der Waals surface area contributed by atoms with E-state index in [9.17, 15) is 0 Å². The van der Waals surface area contributed by atoms with Crippen molar-refractivity contribution >= 4 is 0 Å². The quantitative estimate of drug-likeness (QED) is 0.759. The van der Waals surface area contributed by atoms with Crippen LogP contribution in [0.4, 0.5) is 0 Å². The van der Waals surface area contributed by atoms with Gasteiger partial charge in [-0.1, -0.05) is 32.1 Å². The minimum Gasteiger partial charge on any atom is -0.313 e. The largest absolute Gasteiger partial charge is 0.313 e.